The summed E-state index contributed by atoms with van der Waals surface area (Å²) < 4.78 is 1.75. The molecule has 0 radical (unpaired) electrons. The second kappa shape index (κ2) is 6.21. The Morgan fingerprint density at radius 1 is 1.38 bits per heavy atom. The Kier molecular flexibility index (Phi) is 4.24. The molecule has 0 aliphatic carbocycles. The number of aliphatic hydroxyl groups is 1. The highest BCUT2D eigenvalue weighted by molar-refractivity contribution is 5.46. The fraction of sp³-hybridized carbons (Fsp3) is 0.529. The van der Waals surface area contributed by atoms with Gasteiger partial charge < -0.3 is 10.0 Å². The molecule has 2 aromatic heterocycles. The molecule has 24 heavy (non-hydrogen) atoms. The van der Waals surface area contributed by atoms with Crippen LogP contribution < -0.4 is 4.90 Å². The van der Waals surface area contributed by atoms with Crippen LogP contribution in [0, 0.1) is 18.3 Å². The largest absolute Gasteiger partial charge is 0.382 e. The smallest absolute Gasteiger partial charge is 0.145 e. The Balaban J connectivity index is 1.87. The van der Waals surface area contributed by atoms with Gasteiger partial charge in [-0.05, 0) is 45.2 Å². The minimum Gasteiger partial charge on any atom is -0.382 e. The molecule has 2 aromatic rings. The molecule has 0 amide bonds. The molecule has 0 bridgehead atoms. The third-order valence-corrected chi connectivity index (χ3v) is 4.50. The molecule has 7 heteroatoms. The lowest BCUT2D eigenvalue weighted by molar-refractivity contribution is 0.0174. The Hall–Kier alpha value is -2.46. The molecular weight excluding hydrogens is 304 g/mol. The number of piperidine rings is 1. The number of pyridine rings is 1. The number of aromatic nitrogens is 4. The number of aryl methyl sites for hydroxylation is 1. The average Bonchev–Trinajstić information content (AvgIpc) is 3.06. The van der Waals surface area contributed by atoms with Crippen LogP contribution in [0.3, 0.4) is 0 Å². The molecule has 1 saturated heterocycles. The van der Waals surface area contributed by atoms with Gasteiger partial charge in [0.2, 0.25) is 0 Å². The zero-order valence-electron chi connectivity index (χ0n) is 14.3. The van der Waals surface area contributed by atoms with Crippen LogP contribution in [0.2, 0.25) is 0 Å². The summed E-state index contributed by atoms with van der Waals surface area (Å²) in [7, 11) is 0. The summed E-state index contributed by atoms with van der Waals surface area (Å²) in [5.74, 6) is 0.714. The van der Waals surface area contributed by atoms with Crippen molar-refractivity contribution in [1.29, 1.82) is 5.26 Å². The summed E-state index contributed by atoms with van der Waals surface area (Å²) >= 11 is 0. The van der Waals surface area contributed by atoms with Crippen molar-refractivity contribution in [3.8, 4) is 6.07 Å². The highest BCUT2D eigenvalue weighted by atomic mass is 16.3. The average molecular weight is 326 g/mol. The fourth-order valence-corrected chi connectivity index (χ4v) is 2.99. The first-order chi connectivity index (χ1) is 11.4. The van der Waals surface area contributed by atoms with Gasteiger partial charge in [-0.1, -0.05) is 11.3 Å². The van der Waals surface area contributed by atoms with Crippen molar-refractivity contribution in [1.82, 2.24) is 20.0 Å². The molecule has 0 aromatic carbocycles. The van der Waals surface area contributed by atoms with Gasteiger partial charge in [0.1, 0.15) is 28.9 Å². The summed E-state index contributed by atoms with van der Waals surface area (Å²) in [6.45, 7) is 7.10. The van der Waals surface area contributed by atoms with Crippen molar-refractivity contribution in [2.45, 2.75) is 45.3 Å². The van der Waals surface area contributed by atoms with Gasteiger partial charge in [-0.3, -0.25) is 0 Å². The maximum absolute atomic E-state index is 11.1. The lowest BCUT2D eigenvalue weighted by atomic mass is 9.90. The quantitative estimate of drug-likeness (QED) is 0.926. The van der Waals surface area contributed by atoms with Crippen LogP contribution in [0.4, 0.5) is 5.82 Å². The molecule has 1 aliphatic heterocycles. The number of β-amino-alcohol motifs (C(OH)–C–C–N with tert-alkyl or cyclic N) is 1. The van der Waals surface area contributed by atoms with Gasteiger partial charge in [-0.15, -0.1) is 5.10 Å². The Labute approximate surface area is 141 Å². The van der Waals surface area contributed by atoms with E-state index in [2.05, 4.69) is 21.4 Å². The topological polar surface area (TPSA) is 90.9 Å². The van der Waals surface area contributed by atoms with Crippen LogP contribution in [0.5, 0.6) is 0 Å². The summed E-state index contributed by atoms with van der Waals surface area (Å²) in [6, 6.07) is 6.11. The van der Waals surface area contributed by atoms with Crippen LogP contribution >= 0.6 is 0 Å². The summed E-state index contributed by atoms with van der Waals surface area (Å²) in [5, 5.41) is 28.6. The van der Waals surface area contributed by atoms with Gasteiger partial charge in [0.05, 0.1) is 12.7 Å². The van der Waals surface area contributed by atoms with Crippen LogP contribution in [-0.2, 0) is 5.60 Å². The molecule has 1 N–H and O–H groups in total. The molecule has 7 nitrogen and oxygen atoms in total. The third-order valence-electron chi connectivity index (χ3n) is 4.50. The van der Waals surface area contributed by atoms with Crippen molar-refractivity contribution in [2.24, 2.45) is 0 Å². The molecule has 1 fully saturated rings. The second-order valence-electron chi connectivity index (χ2n) is 6.68. The fourth-order valence-electron chi connectivity index (χ4n) is 2.99. The van der Waals surface area contributed by atoms with Crippen LogP contribution in [-0.4, -0.2) is 38.2 Å². The minimum atomic E-state index is -1.05. The van der Waals surface area contributed by atoms with E-state index in [4.69, 9.17) is 0 Å². The van der Waals surface area contributed by atoms with Crippen LogP contribution in [0.25, 0.3) is 0 Å². The molecule has 0 unspecified atom stereocenters. The van der Waals surface area contributed by atoms with Gasteiger partial charge in [0, 0.05) is 12.6 Å². The third kappa shape index (κ3) is 2.97. The second-order valence-corrected chi connectivity index (χ2v) is 6.68. The van der Waals surface area contributed by atoms with E-state index in [-0.39, 0.29) is 6.04 Å². The van der Waals surface area contributed by atoms with Gasteiger partial charge in [0.15, 0.2) is 0 Å². The highest BCUT2D eigenvalue weighted by Crippen LogP contribution is 2.32. The maximum atomic E-state index is 11.1. The number of hydrogen-bond acceptors (Lipinski definition) is 6. The molecule has 0 saturated carbocycles. The number of nitrogens with zero attached hydrogens (tertiary/aromatic N) is 6. The normalized spacial score (nSPS) is 21.1. The van der Waals surface area contributed by atoms with E-state index in [0.717, 1.165) is 18.5 Å². The van der Waals surface area contributed by atoms with E-state index >= 15 is 0 Å². The molecule has 1 aliphatic rings. The summed E-state index contributed by atoms with van der Waals surface area (Å²) in [4.78, 5) is 6.43. The van der Waals surface area contributed by atoms with Crippen molar-refractivity contribution in [3.63, 3.8) is 0 Å². The first-order valence-corrected chi connectivity index (χ1v) is 8.20. The van der Waals surface area contributed by atoms with Crippen LogP contribution in [0.1, 0.15) is 49.7 Å². The summed E-state index contributed by atoms with van der Waals surface area (Å²) in [5.41, 5.74) is 0.819. The van der Waals surface area contributed by atoms with E-state index in [1.165, 1.54) is 0 Å². The lowest BCUT2D eigenvalue weighted by Gasteiger charge is -2.38. The van der Waals surface area contributed by atoms with Crippen molar-refractivity contribution in [2.75, 3.05) is 18.0 Å². The Morgan fingerprint density at radius 2 is 2.17 bits per heavy atom. The standard InChI is InChI=1S/C17H22N6O/c1-12(2)23-10-15(20-21-23)17(24)7-4-8-22(11-17)16-6-5-13(3)14(9-18)19-16/h5-6,10,12,24H,4,7-8,11H2,1-3H3/t17-/m1/s1. The van der Waals surface area contributed by atoms with Crippen LogP contribution in [0.15, 0.2) is 18.3 Å². The van der Waals surface area contributed by atoms with E-state index in [0.29, 0.717) is 30.2 Å². The predicted molar refractivity (Wildman–Crippen MR) is 89.4 cm³/mol. The zero-order chi connectivity index (χ0) is 17.3. The predicted octanol–water partition coefficient (Wildman–Crippen LogP) is 1.92. The SMILES string of the molecule is Cc1ccc(N2CCC[C@](O)(c3cn(C(C)C)nn3)C2)nc1C#N. The molecule has 126 valence electrons. The van der Waals surface area contributed by atoms with E-state index in [1.54, 1.807) is 4.68 Å². The molecule has 1 atom stereocenters. The van der Waals surface area contributed by atoms with E-state index < -0.39 is 5.60 Å². The van der Waals surface area contributed by atoms with E-state index in [1.807, 2.05) is 44.0 Å². The van der Waals surface area contributed by atoms with Gasteiger partial charge >= 0.3 is 0 Å². The number of rotatable bonds is 3. The Bertz CT molecular complexity index is 778. The monoisotopic (exact) mass is 326 g/mol. The Morgan fingerprint density at radius 3 is 2.83 bits per heavy atom. The van der Waals surface area contributed by atoms with Crippen molar-refractivity contribution >= 4 is 5.82 Å². The first-order valence-electron chi connectivity index (χ1n) is 8.20. The van der Waals surface area contributed by atoms with Gasteiger partial charge in [-0.25, -0.2) is 9.67 Å². The molecule has 0 spiro atoms. The lowest BCUT2D eigenvalue weighted by Crippen LogP contribution is -2.46. The van der Waals surface area contributed by atoms with Crippen molar-refractivity contribution < 1.29 is 5.11 Å². The number of nitriles is 1. The number of anilines is 1. The van der Waals surface area contributed by atoms with E-state index in [9.17, 15) is 10.4 Å². The summed E-state index contributed by atoms with van der Waals surface area (Å²) in [6.07, 6.45) is 3.27. The van der Waals surface area contributed by atoms with Gasteiger partial charge in [0.25, 0.3) is 0 Å². The number of hydrogen-bond donors (Lipinski definition) is 1. The first kappa shape index (κ1) is 16.4. The molecule has 3 rings (SSSR count). The maximum Gasteiger partial charge on any atom is 0.145 e. The zero-order valence-corrected chi connectivity index (χ0v) is 14.3. The van der Waals surface area contributed by atoms with Crippen molar-refractivity contribution in [3.05, 3.63) is 35.3 Å². The van der Waals surface area contributed by atoms with Gasteiger partial charge in [-0.2, -0.15) is 5.26 Å². The minimum absolute atomic E-state index is 0.200. The molecular formula is C17H22N6O. The highest BCUT2D eigenvalue weighted by Gasteiger charge is 2.38. The molecule has 3 heterocycles.